The molecule has 160 valence electrons. The Morgan fingerprint density at radius 2 is 1.90 bits per heavy atom. The van der Waals surface area contributed by atoms with Gasteiger partial charge < -0.3 is 19.5 Å². The van der Waals surface area contributed by atoms with Gasteiger partial charge >= 0.3 is 0 Å². The van der Waals surface area contributed by atoms with Crippen LogP contribution in [0, 0.1) is 5.82 Å². The molecule has 2 aromatic rings. The standard InChI is InChI=1S/C23H27FN2O4/c1-3-28-20-13-22-21(29-15-30-22)12-17(20)14-26-10-8-23(9-11-26,25-16(2)27)18-6-4-5-7-19(18)24/h4-7,12-13H,3,8-11,14-15H2,1-2H3,(H,25,27). The van der Waals surface area contributed by atoms with Crippen molar-refractivity contribution in [3.8, 4) is 17.2 Å². The Morgan fingerprint density at radius 1 is 1.20 bits per heavy atom. The third-order valence-corrected chi connectivity index (χ3v) is 5.76. The Bertz CT molecular complexity index is 925. The van der Waals surface area contributed by atoms with Gasteiger partial charge in [0.1, 0.15) is 11.6 Å². The maximum absolute atomic E-state index is 14.6. The second-order valence-electron chi connectivity index (χ2n) is 7.77. The van der Waals surface area contributed by atoms with E-state index in [4.69, 9.17) is 14.2 Å². The fourth-order valence-electron chi connectivity index (χ4n) is 4.36. The van der Waals surface area contributed by atoms with Crippen LogP contribution in [0.4, 0.5) is 4.39 Å². The smallest absolute Gasteiger partial charge is 0.231 e. The van der Waals surface area contributed by atoms with Gasteiger partial charge in [-0.1, -0.05) is 18.2 Å². The van der Waals surface area contributed by atoms with Crippen LogP contribution in [0.1, 0.15) is 37.8 Å². The molecule has 2 heterocycles. The van der Waals surface area contributed by atoms with Crippen LogP contribution in [0.2, 0.25) is 0 Å². The van der Waals surface area contributed by atoms with E-state index < -0.39 is 5.54 Å². The van der Waals surface area contributed by atoms with Crippen molar-refractivity contribution in [3.05, 3.63) is 53.3 Å². The average Bonchev–Trinajstić information content (AvgIpc) is 3.17. The Morgan fingerprint density at radius 3 is 2.57 bits per heavy atom. The molecule has 0 aromatic heterocycles. The van der Waals surface area contributed by atoms with Crippen LogP contribution in [-0.2, 0) is 16.9 Å². The molecule has 0 atom stereocenters. The highest BCUT2D eigenvalue weighted by Gasteiger charge is 2.39. The van der Waals surface area contributed by atoms with Crippen LogP contribution in [0.5, 0.6) is 17.2 Å². The van der Waals surface area contributed by atoms with Crippen LogP contribution in [0.15, 0.2) is 36.4 Å². The maximum Gasteiger partial charge on any atom is 0.231 e. The molecule has 1 saturated heterocycles. The number of fused-ring (bicyclic) bond motifs is 1. The van der Waals surface area contributed by atoms with E-state index in [1.807, 2.05) is 25.1 Å². The molecule has 30 heavy (non-hydrogen) atoms. The first kappa shape index (κ1) is 20.5. The number of hydrogen-bond donors (Lipinski definition) is 1. The lowest BCUT2D eigenvalue weighted by Gasteiger charge is -2.43. The predicted molar refractivity (Wildman–Crippen MR) is 110 cm³/mol. The molecule has 1 fully saturated rings. The second-order valence-corrected chi connectivity index (χ2v) is 7.77. The third kappa shape index (κ3) is 4.07. The average molecular weight is 414 g/mol. The largest absolute Gasteiger partial charge is 0.493 e. The molecule has 2 aliphatic rings. The monoisotopic (exact) mass is 414 g/mol. The summed E-state index contributed by atoms with van der Waals surface area (Å²) >= 11 is 0. The summed E-state index contributed by atoms with van der Waals surface area (Å²) in [5.41, 5.74) is 0.891. The summed E-state index contributed by atoms with van der Waals surface area (Å²) in [6.07, 6.45) is 1.25. The Labute approximate surface area is 175 Å². The summed E-state index contributed by atoms with van der Waals surface area (Å²) < 4.78 is 31.4. The van der Waals surface area contributed by atoms with Gasteiger partial charge in [-0.2, -0.15) is 0 Å². The Balaban J connectivity index is 1.52. The molecule has 0 saturated carbocycles. The zero-order valence-electron chi connectivity index (χ0n) is 17.4. The van der Waals surface area contributed by atoms with E-state index in [-0.39, 0.29) is 18.5 Å². The van der Waals surface area contributed by atoms with Crippen molar-refractivity contribution < 1.29 is 23.4 Å². The lowest BCUT2D eigenvalue weighted by atomic mass is 9.80. The molecule has 6 nitrogen and oxygen atoms in total. The van der Waals surface area contributed by atoms with Crippen LogP contribution in [0.3, 0.4) is 0 Å². The van der Waals surface area contributed by atoms with Crippen LogP contribution in [-0.4, -0.2) is 37.3 Å². The number of carbonyl (C=O) groups is 1. The van der Waals surface area contributed by atoms with Crippen molar-refractivity contribution >= 4 is 5.91 Å². The summed E-state index contributed by atoms with van der Waals surface area (Å²) in [6.45, 7) is 6.32. The number of hydrogen-bond acceptors (Lipinski definition) is 5. The number of nitrogens with one attached hydrogen (secondary N) is 1. The molecule has 0 spiro atoms. The lowest BCUT2D eigenvalue weighted by molar-refractivity contribution is -0.121. The lowest BCUT2D eigenvalue weighted by Crippen LogP contribution is -2.52. The maximum atomic E-state index is 14.6. The first-order valence-electron chi connectivity index (χ1n) is 10.3. The number of nitrogens with zero attached hydrogens (tertiary/aromatic N) is 1. The number of amides is 1. The van der Waals surface area contributed by atoms with Gasteiger partial charge in [0.05, 0.1) is 12.1 Å². The Hall–Kier alpha value is -2.80. The summed E-state index contributed by atoms with van der Waals surface area (Å²) in [5, 5.41) is 3.04. The zero-order valence-corrected chi connectivity index (χ0v) is 17.4. The summed E-state index contributed by atoms with van der Waals surface area (Å²) in [5.74, 6) is 1.78. The molecule has 0 bridgehead atoms. The van der Waals surface area contributed by atoms with Gasteiger partial charge in [-0.05, 0) is 31.9 Å². The second kappa shape index (κ2) is 8.52. The molecule has 1 N–H and O–H groups in total. The highest BCUT2D eigenvalue weighted by molar-refractivity contribution is 5.74. The molecular formula is C23H27FN2O4. The van der Waals surface area contributed by atoms with E-state index in [1.165, 1.54) is 13.0 Å². The van der Waals surface area contributed by atoms with Crippen molar-refractivity contribution in [2.45, 2.75) is 38.8 Å². The number of ether oxygens (including phenoxy) is 3. The molecule has 1 amide bonds. The fraction of sp³-hybridized carbons (Fsp3) is 0.435. The van der Waals surface area contributed by atoms with Gasteiger partial charge in [0, 0.05) is 43.8 Å². The van der Waals surface area contributed by atoms with Crippen molar-refractivity contribution in [1.29, 1.82) is 0 Å². The summed E-state index contributed by atoms with van der Waals surface area (Å²) in [6, 6.07) is 10.6. The first-order chi connectivity index (χ1) is 14.5. The molecule has 7 heteroatoms. The number of halogens is 1. The van der Waals surface area contributed by atoms with Gasteiger partial charge in [-0.25, -0.2) is 4.39 Å². The molecule has 2 aromatic carbocycles. The van der Waals surface area contributed by atoms with Crippen molar-refractivity contribution in [1.82, 2.24) is 10.2 Å². The minimum absolute atomic E-state index is 0.152. The topological polar surface area (TPSA) is 60.0 Å². The van der Waals surface area contributed by atoms with Gasteiger partial charge in [0.2, 0.25) is 12.7 Å². The van der Waals surface area contributed by atoms with E-state index in [1.54, 1.807) is 12.1 Å². The molecule has 0 aliphatic carbocycles. The van der Waals surface area contributed by atoms with Crippen molar-refractivity contribution in [2.24, 2.45) is 0 Å². The minimum atomic E-state index is -0.689. The number of likely N-dealkylation sites (tertiary alicyclic amines) is 1. The van der Waals surface area contributed by atoms with Crippen molar-refractivity contribution in [2.75, 3.05) is 26.5 Å². The molecular weight excluding hydrogens is 387 g/mol. The quantitative estimate of drug-likeness (QED) is 0.783. The zero-order chi connectivity index (χ0) is 21.1. The number of piperidine rings is 1. The Kier molecular flexibility index (Phi) is 5.81. The minimum Gasteiger partial charge on any atom is -0.493 e. The molecule has 0 radical (unpaired) electrons. The third-order valence-electron chi connectivity index (χ3n) is 5.76. The van der Waals surface area contributed by atoms with E-state index >= 15 is 0 Å². The summed E-state index contributed by atoms with van der Waals surface area (Å²) in [4.78, 5) is 14.2. The molecule has 0 unspecified atom stereocenters. The number of carbonyl (C=O) groups excluding carboxylic acids is 1. The normalized spacial score (nSPS) is 17.6. The van der Waals surface area contributed by atoms with E-state index in [0.29, 0.717) is 50.4 Å². The van der Waals surface area contributed by atoms with Gasteiger partial charge in [-0.3, -0.25) is 9.69 Å². The molecule has 2 aliphatic heterocycles. The predicted octanol–water partition coefficient (Wildman–Crippen LogP) is 3.58. The first-order valence-corrected chi connectivity index (χ1v) is 10.3. The van der Waals surface area contributed by atoms with Crippen LogP contribution < -0.4 is 19.5 Å². The van der Waals surface area contributed by atoms with Crippen LogP contribution >= 0.6 is 0 Å². The fourth-order valence-corrected chi connectivity index (χ4v) is 4.36. The number of rotatable bonds is 6. The number of benzene rings is 2. The van der Waals surface area contributed by atoms with E-state index in [9.17, 15) is 9.18 Å². The van der Waals surface area contributed by atoms with E-state index in [0.717, 1.165) is 17.1 Å². The van der Waals surface area contributed by atoms with Gasteiger partial charge in [0.25, 0.3) is 0 Å². The molecule has 4 rings (SSSR count). The summed E-state index contributed by atoms with van der Waals surface area (Å²) in [7, 11) is 0. The van der Waals surface area contributed by atoms with E-state index in [2.05, 4.69) is 10.2 Å². The van der Waals surface area contributed by atoms with Gasteiger partial charge in [0.15, 0.2) is 11.5 Å². The van der Waals surface area contributed by atoms with Crippen molar-refractivity contribution in [3.63, 3.8) is 0 Å². The van der Waals surface area contributed by atoms with Crippen LogP contribution in [0.25, 0.3) is 0 Å². The van der Waals surface area contributed by atoms with Gasteiger partial charge in [-0.15, -0.1) is 0 Å². The SMILES string of the molecule is CCOc1cc2c(cc1CN1CCC(NC(C)=O)(c3ccccc3F)CC1)OCO2. The highest BCUT2D eigenvalue weighted by Crippen LogP contribution is 2.40. The highest BCUT2D eigenvalue weighted by atomic mass is 19.1.